The third-order valence-electron chi connectivity index (χ3n) is 3.89. The first-order valence-electron chi connectivity index (χ1n) is 7.32. The summed E-state index contributed by atoms with van der Waals surface area (Å²) in [7, 11) is 0. The minimum Gasteiger partial charge on any atom is -0.486 e. The molecule has 6 heteroatoms. The van der Waals surface area contributed by atoms with Gasteiger partial charge in [0.2, 0.25) is 5.91 Å². The lowest BCUT2D eigenvalue weighted by atomic mass is 9.90. The zero-order valence-corrected chi connectivity index (χ0v) is 12.6. The Bertz CT molecular complexity index is 529. The van der Waals surface area contributed by atoms with Gasteiger partial charge in [0.25, 0.3) is 0 Å². The van der Waals surface area contributed by atoms with Crippen LogP contribution >= 0.6 is 0 Å². The van der Waals surface area contributed by atoms with Gasteiger partial charge in [-0.15, -0.1) is 0 Å². The molecule has 0 saturated carbocycles. The molecule has 0 radical (unpaired) electrons. The third-order valence-corrected chi connectivity index (χ3v) is 3.89. The maximum absolute atomic E-state index is 12.0. The summed E-state index contributed by atoms with van der Waals surface area (Å²) in [4.78, 5) is 24.2. The Kier molecular flexibility index (Phi) is 5.03. The highest BCUT2D eigenvalue weighted by atomic mass is 16.5. The lowest BCUT2D eigenvalue weighted by Gasteiger charge is -2.42. The predicted molar refractivity (Wildman–Crippen MR) is 79.5 cm³/mol. The van der Waals surface area contributed by atoms with Crippen molar-refractivity contribution in [3.05, 3.63) is 30.3 Å². The number of ether oxygens (including phenoxy) is 1. The Morgan fingerprint density at radius 1 is 1.32 bits per heavy atom. The number of likely N-dealkylation sites (tertiary alicyclic amines) is 1. The van der Waals surface area contributed by atoms with E-state index in [4.69, 9.17) is 9.84 Å². The van der Waals surface area contributed by atoms with E-state index in [-0.39, 0.29) is 25.3 Å². The second-order valence-electron chi connectivity index (χ2n) is 5.76. The average molecular weight is 307 g/mol. The van der Waals surface area contributed by atoms with Crippen molar-refractivity contribution in [1.82, 2.24) is 4.90 Å². The number of aliphatic hydroxyl groups is 1. The molecule has 0 bridgehead atoms. The van der Waals surface area contributed by atoms with Crippen molar-refractivity contribution in [3.8, 4) is 5.75 Å². The molecule has 1 saturated heterocycles. The summed E-state index contributed by atoms with van der Waals surface area (Å²) < 4.78 is 5.82. The van der Waals surface area contributed by atoms with Crippen molar-refractivity contribution in [2.75, 3.05) is 13.1 Å². The first-order chi connectivity index (χ1) is 10.4. The van der Waals surface area contributed by atoms with Gasteiger partial charge in [0.15, 0.2) is 0 Å². The highest BCUT2D eigenvalue weighted by molar-refractivity contribution is 5.80. The molecule has 0 aliphatic carbocycles. The van der Waals surface area contributed by atoms with E-state index in [0.29, 0.717) is 18.7 Å². The summed E-state index contributed by atoms with van der Waals surface area (Å²) in [6, 6.07) is 9.13. The smallest absolute Gasteiger partial charge is 0.303 e. The standard InChI is InChI=1S/C16H21NO5/c1-16(21)9-10-17(14(18)7-8-15(19)20)11-13(16)22-12-5-3-2-4-6-12/h2-6,13,21H,7-11H2,1H3,(H,19,20)/t13-,16-/m0/s1. The predicted octanol–water partition coefficient (Wildman–Crippen LogP) is 1.28. The molecule has 1 aliphatic heterocycles. The molecule has 2 rings (SSSR count). The highest BCUT2D eigenvalue weighted by Gasteiger charge is 2.40. The van der Waals surface area contributed by atoms with Crippen molar-refractivity contribution in [2.45, 2.75) is 37.9 Å². The largest absolute Gasteiger partial charge is 0.486 e. The quantitative estimate of drug-likeness (QED) is 0.856. The van der Waals surface area contributed by atoms with Crippen molar-refractivity contribution in [3.63, 3.8) is 0 Å². The molecule has 120 valence electrons. The lowest BCUT2D eigenvalue weighted by Crippen LogP contribution is -2.57. The first-order valence-corrected chi connectivity index (χ1v) is 7.32. The number of benzene rings is 1. The second-order valence-corrected chi connectivity index (χ2v) is 5.76. The number of hydrogen-bond acceptors (Lipinski definition) is 4. The Balaban J connectivity index is 2.00. The van der Waals surface area contributed by atoms with Gasteiger partial charge in [-0.1, -0.05) is 18.2 Å². The minimum atomic E-state index is -1.03. The van der Waals surface area contributed by atoms with Gasteiger partial charge >= 0.3 is 5.97 Å². The minimum absolute atomic E-state index is 0.0322. The fraction of sp³-hybridized carbons (Fsp3) is 0.500. The number of aliphatic carboxylic acids is 1. The van der Waals surface area contributed by atoms with Crippen LogP contribution in [0.2, 0.25) is 0 Å². The van der Waals surface area contributed by atoms with Gasteiger partial charge in [-0.05, 0) is 25.5 Å². The van der Waals surface area contributed by atoms with E-state index in [1.165, 1.54) is 0 Å². The van der Waals surface area contributed by atoms with Crippen LogP contribution in [0.25, 0.3) is 0 Å². The topological polar surface area (TPSA) is 87.1 Å². The highest BCUT2D eigenvalue weighted by Crippen LogP contribution is 2.27. The Labute approximate surface area is 129 Å². The number of amides is 1. The lowest BCUT2D eigenvalue weighted by molar-refractivity contribution is -0.147. The molecular weight excluding hydrogens is 286 g/mol. The Morgan fingerprint density at radius 2 is 2.00 bits per heavy atom. The van der Waals surface area contributed by atoms with Crippen LogP contribution in [-0.2, 0) is 9.59 Å². The molecule has 2 N–H and O–H groups in total. The number of hydrogen-bond donors (Lipinski definition) is 2. The molecule has 1 fully saturated rings. The summed E-state index contributed by atoms with van der Waals surface area (Å²) in [6.45, 7) is 2.35. The third kappa shape index (κ3) is 4.21. The van der Waals surface area contributed by atoms with Crippen molar-refractivity contribution >= 4 is 11.9 Å². The Morgan fingerprint density at radius 3 is 2.64 bits per heavy atom. The van der Waals surface area contributed by atoms with Gasteiger partial charge in [-0.3, -0.25) is 9.59 Å². The fourth-order valence-electron chi connectivity index (χ4n) is 2.44. The molecule has 1 aliphatic rings. The molecule has 0 unspecified atom stereocenters. The van der Waals surface area contributed by atoms with E-state index in [2.05, 4.69) is 0 Å². The summed E-state index contributed by atoms with van der Waals surface area (Å²) in [6.07, 6.45) is -0.369. The van der Waals surface area contributed by atoms with Crippen molar-refractivity contribution in [1.29, 1.82) is 0 Å². The van der Waals surface area contributed by atoms with Crippen LogP contribution in [0.4, 0.5) is 0 Å². The molecule has 1 amide bonds. The summed E-state index contributed by atoms with van der Waals surface area (Å²) in [5.74, 6) is -0.582. The van der Waals surface area contributed by atoms with Gasteiger partial charge in [0, 0.05) is 13.0 Å². The number of carbonyl (C=O) groups excluding carboxylic acids is 1. The summed E-state index contributed by atoms with van der Waals surface area (Å²) >= 11 is 0. The van der Waals surface area contributed by atoms with E-state index < -0.39 is 17.7 Å². The van der Waals surface area contributed by atoms with Crippen LogP contribution in [0.1, 0.15) is 26.2 Å². The van der Waals surface area contributed by atoms with Crippen molar-refractivity contribution < 1.29 is 24.5 Å². The van der Waals surface area contributed by atoms with Gasteiger partial charge in [0.05, 0.1) is 13.0 Å². The summed E-state index contributed by atoms with van der Waals surface area (Å²) in [5, 5.41) is 19.1. The van der Waals surface area contributed by atoms with Gasteiger partial charge in [0.1, 0.15) is 17.5 Å². The monoisotopic (exact) mass is 307 g/mol. The van der Waals surface area contributed by atoms with E-state index in [0.717, 1.165) is 0 Å². The molecule has 6 nitrogen and oxygen atoms in total. The molecule has 1 aromatic rings. The van der Waals surface area contributed by atoms with Gasteiger partial charge < -0.3 is 19.8 Å². The molecule has 0 spiro atoms. The number of carboxylic acid groups (broad SMARTS) is 1. The van der Waals surface area contributed by atoms with Crippen LogP contribution in [0.15, 0.2) is 30.3 Å². The average Bonchev–Trinajstić information content (AvgIpc) is 2.48. The van der Waals surface area contributed by atoms with E-state index >= 15 is 0 Å². The number of rotatable bonds is 5. The number of para-hydroxylation sites is 1. The fourth-order valence-corrected chi connectivity index (χ4v) is 2.44. The van der Waals surface area contributed by atoms with Gasteiger partial charge in [-0.25, -0.2) is 0 Å². The van der Waals surface area contributed by atoms with Crippen LogP contribution in [0.5, 0.6) is 5.75 Å². The maximum Gasteiger partial charge on any atom is 0.303 e. The Hall–Kier alpha value is -2.08. The van der Waals surface area contributed by atoms with E-state index in [1.807, 2.05) is 18.2 Å². The van der Waals surface area contributed by atoms with Crippen molar-refractivity contribution in [2.24, 2.45) is 0 Å². The zero-order chi connectivity index (χ0) is 16.2. The number of carboxylic acids is 1. The molecule has 2 atom stereocenters. The molecule has 22 heavy (non-hydrogen) atoms. The SMILES string of the molecule is C[C@]1(O)CCN(C(=O)CCC(=O)O)C[C@@H]1Oc1ccccc1. The van der Waals surface area contributed by atoms with Crippen LogP contribution in [-0.4, -0.2) is 51.8 Å². The number of piperidine rings is 1. The first kappa shape index (κ1) is 16.3. The van der Waals surface area contributed by atoms with E-state index in [1.54, 1.807) is 24.0 Å². The number of nitrogens with zero attached hydrogens (tertiary/aromatic N) is 1. The number of carbonyl (C=O) groups is 2. The second kappa shape index (κ2) is 6.79. The molecule has 1 aromatic carbocycles. The van der Waals surface area contributed by atoms with Crippen LogP contribution < -0.4 is 4.74 Å². The molecular formula is C16H21NO5. The normalized spacial score (nSPS) is 24.8. The van der Waals surface area contributed by atoms with Gasteiger partial charge in [-0.2, -0.15) is 0 Å². The summed E-state index contributed by atoms with van der Waals surface area (Å²) in [5.41, 5.74) is -1.03. The maximum atomic E-state index is 12.0. The zero-order valence-electron chi connectivity index (χ0n) is 12.6. The van der Waals surface area contributed by atoms with E-state index in [9.17, 15) is 14.7 Å². The molecule has 1 heterocycles. The van der Waals surface area contributed by atoms with Crippen LogP contribution in [0, 0.1) is 0 Å². The van der Waals surface area contributed by atoms with Crippen LogP contribution in [0.3, 0.4) is 0 Å². The molecule has 0 aromatic heterocycles.